The van der Waals surface area contributed by atoms with Crippen LogP contribution in [0.2, 0.25) is 0 Å². The van der Waals surface area contributed by atoms with Gasteiger partial charge in [0.25, 0.3) is 0 Å². The molecule has 0 saturated carbocycles. The van der Waals surface area contributed by atoms with Crippen molar-refractivity contribution in [2.75, 3.05) is 20.3 Å². The van der Waals surface area contributed by atoms with Gasteiger partial charge in [0.2, 0.25) is 5.91 Å². The van der Waals surface area contributed by atoms with Crippen LogP contribution in [0.4, 0.5) is 0 Å². The number of hydrogen-bond acceptors (Lipinski definition) is 5. The molecule has 0 aromatic heterocycles. The molecule has 2 aromatic rings. The fourth-order valence-electron chi connectivity index (χ4n) is 4.00. The summed E-state index contributed by atoms with van der Waals surface area (Å²) in [4.78, 5) is 23.4. The number of esters is 1. The fourth-order valence-corrected chi connectivity index (χ4v) is 4.00. The molecule has 2 heterocycles. The maximum Gasteiger partial charge on any atom is 0.306 e. The highest BCUT2D eigenvalue weighted by Gasteiger charge is 2.34. The molecule has 0 spiro atoms. The third kappa shape index (κ3) is 5.12. The normalized spacial score (nSPS) is 20.0. The van der Waals surface area contributed by atoms with Crippen LogP contribution in [0.1, 0.15) is 24.0 Å². The molecule has 0 bridgehead atoms. The zero-order chi connectivity index (χ0) is 20.2. The van der Waals surface area contributed by atoms with Gasteiger partial charge >= 0.3 is 5.97 Å². The number of nitrogens with one attached hydrogen (secondary N) is 2. The van der Waals surface area contributed by atoms with Gasteiger partial charge in [0, 0.05) is 6.54 Å². The summed E-state index contributed by atoms with van der Waals surface area (Å²) in [6.07, 6.45) is 1.76. The average Bonchev–Trinajstić information content (AvgIpc) is 3.11. The van der Waals surface area contributed by atoms with Crippen LogP contribution in [-0.2, 0) is 27.3 Å². The van der Waals surface area contributed by atoms with Crippen molar-refractivity contribution in [3.63, 3.8) is 0 Å². The summed E-state index contributed by atoms with van der Waals surface area (Å²) in [5.74, 6) is -0.0399. The van der Waals surface area contributed by atoms with E-state index in [0.717, 1.165) is 30.8 Å². The number of benzene rings is 2. The molecule has 160 valence electrons. The minimum absolute atomic E-state index is 0. The van der Waals surface area contributed by atoms with E-state index >= 15 is 0 Å². The topological polar surface area (TPSA) is 76.7 Å². The van der Waals surface area contributed by atoms with Gasteiger partial charge in [-0.2, -0.15) is 0 Å². The fraction of sp³-hybridized carbons (Fsp3) is 0.391. The SMILES string of the molecule is COC(=O)C[C@@H]1C[C@@H](COc2ccc(-c3ccc4c(c3)CCNC4)cc2)NC1=O.Cl. The van der Waals surface area contributed by atoms with Crippen LogP contribution in [-0.4, -0.2) is 38.2 Å². The van der Waals surface area contributed by atoms with Gasteiger partial charge in [0.1, 0.15) is 12.4 Å². The first-order valence-electron chi connectivity index (χ1n) is 10.1. The quantitative estimate of drug-likeness (QED) is 0.689. The number of rotatable bonds is 6. The highest BCUT2D eigenvalue weighted by Crippen LogP contribution is 2.27. The summed E-state index contributed by atoms with van der Waals surface area (Å²) in [6, 6.07) is 14.6. The van der Waals surface area contributed by atoms with E-state index in [1.165, 1.54) is 23.8 Å². The van der Waals surface area contributed by atoms with Crippen molar-refractivity contribution in [1.29, 1.82) is 0 Å². The third-order valence-corrected chi connectivity index (χ3v) is 5.66. The van der Waals surface area contributed by atoms with E-state index < -0.39 is 0 Å². The molecule has 1 fully saturated rings. The Morgan fingerprint density at radius 1 is 1.10 bits per heavy atom. The Balaban J connectivity index is 0.00000256. The number of carbonyl (C=O) groups is 2. The number of ether oxygens (including phenoxy) is 2. The zero-order valence-corrected chi connectivity index (χ0v) is 17.8. The molecular formula is C23H27ClN2O4. The van der Waals surface area contributed by atoms with Crippen LogP contribution in [0.25, 0.3) is 11.1 Å². The molecule has 4 rings (SSSR count). The molecule has 2 atom stereocenters. The minimum atomic E-state index is -0.360. The van der Waals surface area contributed by atoms with E-state index in [2.05, 4.69) is 45.7 Å². The molecule has 2 aliphatic rings. The van der Waals surface area contributed by atoms with Crippen LogP contribution >= 0.6 is 12.4 Å². The van der Waals surface area contributed by atoms with Crippen molar-refractivity contribution in [2.24, 2.45) is 5.92 Å². The van der Waals surface area contributed by atoms with E-state index in [-0.39, 0.29) is 42.7 Å². The van der Waals surface area contributed by atoms with E-state index in [0.29, 0.717) is 13.0 Å². The summed E-state index contributed by atoms with van der Waals surface area (Å²) >= 11 is 0. The number of carbonyl (C=O) groups excluding carboxylic acids is 2. The Morgan fingerprint density at radius 2 is 1.87 bits per heavy atom. The maximum absolute atomic E-state index is 12.0. The molecule has 0 unspecified atom stereocenters. The van der Waals surface area contributed by atoms with Crippen LogP contribution < -0.4 is 15.4 Å². The van der Waals surface area contributed by atoms with Gasteiger partial charge in [-0.1, -0.05) is 30.3 Å². The standard InChI is InChI=1S/C23H26N2O4.ClH/c1-28-22(26)12-19-11-20(25-23(19)27)14-29-21-6-4-15(5-7-21)16-2-3-18-13-24-9-8-17(18)10-16;/h2-7,10,19-20,24H,8-9,11-14H2,1H3,(H,25,27);1H/t19-,20-;/m0./s1. The maximum atomic E-state index is 12.0. The first kappa shape index (κ1) is 22.1. The van der Waals surface area contributed by atoms with Gasteiger partial charge in [0.05, 0.1) is 25.5 Å². The molecule has 2 aromatic carbocycles. The molecule has 7 heteroatoms. The van der Waals surface area contributed by atoms with Crippen molar-refractivity contribution in [3.8, 4) is 16.9 Å². The molecule has 0 radical (unpaired) electrons. The summed E-state index contributed by atoms with van der Waals surface area (Å²) in [5.41, 5.74) is 5.17. The molecule has 1 saturated heterocycles. The van der Waals surface area contributed by atoms with E-state index in [9.17, 15) is 9.59 Å². The summed E-state index contributed by atoms with van der Waals surface area (Å²) in [5, 5.41) is 6.29. The van der Waals surface area contributed by atoms with Gasteiger partial charge in [-0.15, -0.1) is 12.4 Å². The Morgan fingerprint density at radius 3 is 2.63 bits per heavy atom. The predicted octanol–water partition coefficient (Wildman–Crippen LogP) is 2.87. The van der Waals surface area contributed by atoms with Crippen molar-refractivity contribution in [2.45, 2.75) is 31.8 Å². The van der Waals surface area contributed by atoms with Gasteiger partial charge in [-0.25, -0.2) is 0 Å². The minimum Gasteiger partial charge on any atom is -0.491 e. The molecule has 30 heavy (non-hydrogen) atoms. The summed E-state index contributed by atoms with van der Waals surface area (Å²) in [6.45, 7) is 2.36. The van der Waals surface area contributed by atoms with Gasteiger partial charge in [-0.05, 0) is 53.8 Å². The van der Waals surface area contributed by atoms with Crippen LogP contribution in [0.3, 0.4) is 0 Å². The predicted molar refractivity (Wildman–Crippen MR) is 117 cm³/mol. The lowest BCUT2D eigenvalue weighted by Crippen LogP contribution is -2.31. The molecule has 2 aliphatic heterocycles. The first-order valence-corrected chi connectivity index (χ1v) is 10.1. The molecule has 1 amide bonds. The van der Waals surface area contributed by atoms with E-state index in [1.54, 1.807) is 0 Å². The summed E-state index contributed by atoms with van der Waals surface area (Å²) in [7, 11) is 1.33. The molecule has 0 aliphatic carbocycles. The zero-order valence-electron chi connectivity index (χ0n) is 17.0. The number of amides is 1. The molecule has 2 N–H and O–H groups in total. The van der Waals surface area contributed by atoms with Crippen molar-refractivity contribution >= 4 is 24.3 Å². The Hall–Kier alpha value is -2.57. The lowest BCUT2D eigenvalue weighted by molar-refractivity contribution is -0.143. The summed E-state index contributed by atoms with van der Waals surface area (Å²) < 4.78 is 10.5. The van der Waals surface area contributed by atoms with Crippen LogP contribution in [0.5, 0.6) is 5.75 Å². The van der Waals surface area contributed by atoms with Crippen LogP contribution in [0.15, 0.2) is 42.5 Å². The second-order valence-corrected chi connectivity index (χ2v) is 7.66. The largest absolute Gasteiger partial charge is 0.491 e. The highest BCUT2D eigenvalue weighted by atomic mass is 35.5. The van der Waals surface area contributed by atoms with E-state index in [4.69, 9.17) is 4.74 Å². The van der Waals surface area contributed by atoms with Crippen LogP contribution in [0, 0.1) is 5.92 Å². The highest BCUT2D eigenvalue weighted by molar-refractivity contribution is 5.86. The number of hydrogen-bond donors (Lipinski definition) is 2. The van der Waals surface area contributed by atoms with Crippen molar-refractivity contribution in [1.82, 2.24) is 10.6 Å². The smallest absolute Gasteiger partial charge is 0.306 e. The third-order valence-electron chi connectivity index (χ3n) is 5.66. The van der Waals surface area contributed by atoms with Crippen molar-refractivity contribution in [3.05, 3.63) is 53.6 Å². The second-order valence-electron chi connectivity index (χ2n) is 7.66. The van der Waals surface area contributed by atoms with Gasteiger partial charge in [-0.3, -0.25) is 9.59 Å². The Kier molecular flexibility index (Phi) is 7.34. The number of methoxy groups -OCH3 is 1. The lowest BCUT2D eigenvalue weighted by Gasteiger charge is -2.18. The lowest BCUT2D eigenvalue weighted by atomic mass is 9.95. The molecule has 6 nitrogen and oxygen atoms in total. The van der Waals surface area contributed by atoms with Gasteiger partial charge in [0.15, 0.2) is 0 Å². The van der Waals surface area contributed by atoms with Crippen molar-refractivity contribution < 1.29 is 19.1 Å². The van der Waals surface area contributed by atoms with E-state index in [1.807, 2.05) is 12.1 Å². The first-order chi connectivity index (χ1) is 14.1. The van der Waals surface area contributed by atoms with Gasteiger partial charge < -0.3 is 20.1 Å². The monoisotopic (exact) mass is 430 g/mol. The number of fused-ring (bicyclic) bond motifs is 1. The Labute approximate surface area is 182 Å². The second kappa shape index (κ2) is 9.96. The average molecular weight is 431 g/mol. The number of halogens is 1. The Bertz CT molecular complexity index is 901. The molecular weight excluding hydrogens is 404 g/mol.